The van der Waals surface area contributed by atoms with Crippen LogP contribution in [0.2, 0.25) is 0 Å². The fraction of sp³-hybridized carbons (Fsp3) is 0.571. The van der Waals surface area contributed by atoms with E-state index in [4.69, 9.17) is 5.73 Å². The zero-order valence-electron chi connectivity index (χ0n) is 7.40. The van der Waals surface area contributed by atoms with Crippen LogP contribution in [0.5, 0.6) is 0 Å². The SMILES string of the molecule is CC(C)(C)n1cnc(=O)nc1N. The quantitative estimate of drug-likeness (QED) is 0.590. The lowest BCUT2D eigenvalue weighted by molar-refractivity contribution is 0.390. The molecule has 1 heterocycles. The molecule has 0 saturated carbocycles. The lowest BCUT2D eigenvalue weighted by Gasteiger charge is -2.23. The van der Waals surface area contributed by atoms with Crippen molar-refractivity contribution >= 4 is 5.95 Å². The monoisotopic (exact) mass is 168 g/mol. The molecule has 12 heavy (non-hydrogen) atoms. The molecule has 0 saturated heterocycles. The summed E-state index contributed by atoms with van der Waals surface area (Å²) >= 11 is 0. The summed E-state index contributed by atoms with van der Waals surface area (Å²) < 4.78 is 1.65. The summed E-state index contributed by atoms with van der Waals surface area (Å²) in [6.45, 7) is 5.87. The van der Waals surface area contributed by atoms with Gasteiger partial charge in [-0.15, -0.1) is 0 Å². The Bertz CT molecular complexity index is 336. The third-order valence-corrected chi connectivity index (χ3v) is 1.46. The van der Waals surface area contributed by atoms with Gasteiger partial charge in [-0.2, -0.15) is 9.97 Å². The fourth-order valence-electron chi connectivity index (χ4n) is 0.864. The number of nitrogens with zero attached hydrogens (tertiary/aromatic N) is 3. The summed E-state index contributed by atoms with van der Waals surface area (Å²) in [6, 6.07) is 0. The number of nitrogens with two attached hydrogens (primary N) is 1. The van der Waals surface area contributed by atoms with Gasteiger partial charge in [-0.25, -0.2) is 4.79 Å². The molecule has 0 amide bonds. The van der Waals surface area contributed by atoms with Crippen LogP contribution >= 0.6 is 0 Å². The molecule has 2 N–H and O–H groups in total. The first-order valence-corrected chi connectivity index (χ1v) is 3.63. The summed E-state index contributed by atoms with van der Waals surface area (Å²) in [7, 11) is 0. The maximum atomic E-state index is 10.7. The van der Waals surface area contributed by atoms with Crippen LogP contribution in [0.1, 0.15) is 20.8 Å². The number of nitrogen functional groups attached to an aromatic ring is 1. The van der Waals surface area contributed by atoms with Crippen LogP contribution in [0.15, 0.2) is 11.1 Å². The Balaban J connectivity index is 3.28. The average molecular weight is 168 g/mol. The van der Waals surface area contributed by atoms with Crippen LogP contribution in [0.4, 0.5) is 5.95 Å². The minimum atomic E-state index is -0.548. The van der Waals surface area contributed by atoms with Crippen LogP contribution in [0.25, 0.3) is 0 Å². The normalized spacial score (nSPS) is 11.6. The largest absolute Gasteiger partial charge is 0.371 e. The van der Waals surface area contributed by atoms with Crippen LogP contribution < -0.4 is 11.4 Å². The highest BCUT2D eigenvalue weighted by atomic mass is 16.1. The summed E-state index contributed by atoms with van der Waals surface area (Å²) in [6.07, 6.45) is 1.41. The first-order chi connectivity index (χ1) is 5.41. The maximum absolute atomic E-state index is 10.7. The van der Waals surface area contributed by atoms with Gasteiger partial charge in [0.1, 0.15) is 6.33 Å². The smallest absolute Gasteiger partial charge is 0.369 e. The molecule has 0 spiro atoms. The van der Waals surface area contributed by atoms with Gasteiger partial charge in [0.05, 0.1) is 0 Å². The molecule has 0 aromatic carbocycles. The highest BCUT2D eigenvalue weighted by Gasteiger charge is 2.14. The van der Waals surface area contributed by atoms with Crippen molar-refractivity contribution in [1.29, 1.82) is 0 Å². The van der Waals surface area contributed by atoms with E-state index < -0.39 is 5.69 Å². The van der Waals surface area contributed by atoms with E-state index in [0.717, 1.165) is 0 Å². The molecule has 0 radical (unpaired) electrons. The molecule has 0 fully saturated rings. The minimum absolute atomic E-state index is 0.197. The van der Waals surface area contributed by atoms with E-state index in [1.807, 2.05) is 20.8 Å². The van der Waals surface area contributed by atoms with Crippen LogP contribution in [0, 0.1) is 0 Å². The topological polar surface area (TPSA) is 73.8 Å². The molecule has 0 atom stereocenters. The van der Waals surface area contributed by atoms with E-state index in [2.05, 4.69) is 9.97 Å². The summed E-state index contributed by atoms with van der Waals surface area (Å²) in [5, 5.41) is 0. The van der Waals surface area contributed by atoms with Gasteiger partial charge in [0.15, 0.2) is 0 Å². The first-order valence-electron chi connectivity index (χ1n) is 3.63. The van der Waals surface area contributed by atoms with Gasteiger partial charge in [-0.05, 0) is 20.8 Å². The Morgan fingerprint density at radius 1 is 1.50 bits per heavy atom. The van der Waals surface area contributed by atoms with Gasteiger partial charge < -0.3 is 5.73 Å². The van der Waals surface area contributed by atoms with E-state index in [1.54, 1.807) is 4.57 Å². The van der Waals surface area contributed by atoms with Crippen molar-refractivity contribution in [2.75, 3.05) is 5.73 Å². The Kier molecular flexibility index (Phi) is 1.87. The van der Waals surface area contributed by atoms with Gasteiger partial charge in [0.2, 0.25) is 5.95 Å². The Labute approximate surface area is 70.3 Å². The van der Waals surface area contributed by atoms with E-state index in [9.17, 15) is 4.79 Å². The Morgan fingerprint density at radius 2 is 2.08 bits per heavy atom. The number of aromatic nitrogens is 3. The number of hydrogen-bond donors (Lipinski definition) is 1. The molecule has 1 rings (SSSR count). The number of rotatable bonds is 0. The molecule has 66 valence electrons. The van der Waals surface area contributed by atoms with Gasteiger partial charge >= 0.3 is 5.69 Å². The molecule has 0 aliphatic heterocycles. The second-order valence-electron chi connectivity index (χ2n) is 3.54. The summed E-state index contributed by atoms with van der Waals surface area (Å²) in [5.74, 6) is 0.197. The van der Waals surface area contributed by atoms with Crippen LogP contribution in [-0.4, -0.2) is 14.5 Å². The fourth-order valence-corrected chi connectivity index (χ4v) is 0.864. The standard InChI is InChI=1S/C7H12N4O/c1-7(2,3)11-4-9-6(12)10-5(11)8/h4H,1-3H3,(H2,8,10,12). The predicted molar refractivity (Wildman–Crippen MR) is 45.7 cm³/mol. The third-order valence-electron chi connectivity index (χ3n) is 1.46. The molecule has 5 heteroatoms. The van der Waals surface area contributed by atoms with E-state index in [1.165, 1.54) is 6.33 Å². The molecular formula is C7H12N4O. The van der Waals surface area contributed by atoms with Crippen molar-refractivity contribution in [2.45, 2.75) is 26.3 Å². The molecule has 0 bridgehead atoms. The maximum Gasteiger partial charge on any atom is 0.371 e. The second kappa shape index (κ2) is 2.58. The van der Waals surface area contributed by atoms with Crippen molar-refractivity contribution < 1.29 is 0 Å². The van der Waals surface area contributed by atoms with Crippen LogP contribution in [0.3, 0.4) is 0 Å². The van der Waals surface area contributed by atoms with Gasteiger partial charge in [-0.3, -0.25) is 4.57 Å². The van der Waals surface area contributed by atoms with Crippen LogP contribution in [-0.2, 0) is 5.54 Å². The lowest BCUT2D eigenvalue weighted by atomic mass is 10.1. The van der Waals surface area contributed by atoms with Crippen molar-refractivity contribution in [3.05, 3.63) is 16.8 Å². The third kappa shape index (κ3) is 1.61. The second-order valence-corrected chi connectivity index (χ2v) is 3.54. The van der Waals surface area contributed by atoms with E-state index >= 15 is 0 Å². The molecule has 1 aromatic heterocycles. The molecule has 0 unspecified atom stereocenters. The van der Waals surface area contributed by atoms with Gasteiger partial charge in [-0.1, -0.05) is 0 Å². The summed E-state index contributed by atoms with van der Waals surface area (Å²) in [5.41, 5.74) is 4.77. The highest BCUT2D eigenvalue weighted by Crippen LogP contribution is 2.14. The van der Waals surface area contributed by atoms with E-state index in [-0.39, 0.29) is 11.5 Å². The van der Waals surface area contributed by atoms with Crippen molar-refractivity contribution in [3.8, 4) is 0 Å². The molecule has 0 aliphatic carbocycles. The van der Waals surface area contributed by atoms with Crippen molar-refractivity contribution in [1.82, 2.24) is 14.5 Å². The van der Waals surface area contributed by atoms with Gasteiger partial charge in [0, 0.05) is 5.54 Å². The molecule has 1 aromatic rings. The Hall–Kier alpha value is -1.39. The Morgan fingerprint density at radius 3 is 2.50 bits per heavy atom. The zero-order valence-corrected chi connectivity index (χ0v) is 7.40. The highest BCUT2D eigenvalue weighted by molar-refractivity contribution is 5.15. The zero-order chi connectivity index (χ0) is 9.35. The number of hydrogen-bond acceptors (Lipinski definition) is 4. The average Bonchev–Trinajstić information content (AvgIpc) is 1.83. The van der Waals surface area contributed by atoms with E-state index in [0.29, 0.717) is 0 Å². The lowest BCUT2D eigenvalue weighted by Crippen LogP contribution is -2.29. The molecule has 5 nitrogen and oxygen atoms in total. The molecule has 0 aliphatic rings. The summed E-state index contributed by atoms with van der Waals surface area (Å²) in [4.78, 5) is 17.7. The predicted octanol–water partition coefficient (Wildman–Crippen LogP) is -0.0245. The minimum Gasteiger partial charge on any atom is -0.369 e. The van der Waals surface area contributed by atoms with Crippen molar-refractivity contribution in [2.24, 2.45) is 0 Å². The van der Waals surface area contributed by atoms with Crippen molar-refractivity contribution in [3.63, 3.8) is 0 Å². The van der Waals surface area contributed by atoms with Gasteiger partial charge in [0.25, 0.3) is 0 Å². The molecular weight excluding hydrogens is 156 g/mol. The number of anilines is 1. The first kappa shape index (κ1) is 8.70.